The van der Waals surface area contributed by atoms with Crippen molar-refractivity contribution in [2.24, 2.45) is 5.92 Å². The molecule has 1 atom stereocenters. The van der Waals surface area contributed by atoms with Gasteiger partial charge in [-0.3, -0.25) is 4.79 Å². The highest BCUT2D eigenvalue weighted by Gasteiger charge is 2.27. The molecule has 0 unspecified atom stereocenters. The number of likely N-dealkylation sites (tertiary alicyclic amines) is 1. The molecule has 1 fully saturated rings. The summed E-state index contributed by atoms with van der Waals surface area (Å²) in [5.74, 6) is 0.432. The fourth-order valence-electron chi connectivity index (χ4n) is 4.51. The van der Waals surface area contributed by atoms with Crippen molar-refractivity contribution >= 4 is 16.8 Å². The molecule has 0 bridgehead atoms. The van der Waals surface area contributed by atoms with Gasteiger partial charge in [0, 0.05) is 49.1 Å². The lowest BCUT2D eigenvalue weighted by Crippen LogP contribution is -2.38. The van der Waals surface area contributed by atoms with Crippen LogP contribution < -0.4 is 0 Å². The molecule has 0 radical (unpaired) electrons. The van der Waals surface area contributed by atoms with Crippen LogP contribution in [0.1, 0.15) is 50.2 Å². The van der Waals surface area contributed by atoms with E-state index < -0.39 is 0 Å². The molecule has 2 aromatic carbocycles. The maximum atomic E-state index is 14.1. The summed E-state index contributed by atoms with van der Waals surface area (Å²) in [4.78, 5) is 15.2. The van der Waals surface area contributed by atoms with Crippen LogP contribution in [0.2, 0.25) is 0 Å². The normalized spacial score (nSPS) is 16.3. The molecule has 3 nitrogen and oxygen atoms in total. The number of benzene rings is 2. The van der Waals surface area contributed by atoms with E-state index in [0.29, 0.717) is 12.3 Å². The predicted octanol–water partition coefficient (Wildman–Crippen LogP) is 5.58. The molecular formula is C25H29FN2O. The van der Waals surface area contributed by atoms with Crippen molar-refractivity contribution in [3.8, 4) is 0 Å². The van der Waals surface area contributed by atoms with Gasteiger partial charge >= 0.3 is 0 Å². The number of para-hydroxylation sites is 1. The Kier molecular flexibility index (Phi) is 5.70. The van der Waals surface area contributed by atoms with Gasteiger partial charge in [-0.25, -0.2) is 4.39 Å². The Morgan fingerprint density at radius 1 is 1.14 bits per heavy atom. The topological polar surface area (TPSA) is 25.2 Å². The van der Waals surface area contributed by atoms with E-state index >= 15 is 0 Å². The number of halogens is 1. The molecule has 4 heteroatoms. The van der Waals surface area contributed by atoms with Gasteiger partial charge in [0.25, 0.3) is 0 Å². The number of amides is 1. The monoisotopic (exact) mass is 392 g/mol. The van der Waals surface area contributed by atoms with Gasteiger partial charge in [0.05, 0.1) is 0 Å². The third kappa shape index (κ3) is 4.07. The zero-order valence-corrected chi connectivity index (χ0v) is 17.3. The minimum Gasteiger partial charge on any atom is -0.347 e. The Hall–Kier alpha value is -2.62. The first-order chi connectivity index (χ1) is 14.1. The van der Waals surface area contributed by atoms with Gasteiger partial charge in [-0.2, -0.15) is 0 Å². The van der Waals surface area contributed by atoms with Crippen molar-refractivity contribution in [1.82, 2.24) is 9.47 Å². The SMILES string of the molecule is CCn1cc([C@H](CC(=O)N2CCC(C)CC2)c2cccc(F)c2)c2ccccc21. The Morgan fingerprint density at radius 3 is 2.62 bits per heavy atom. The average molecular weight is 393 g/mol. The summed E-state index contributed by atoms with van der Waals surface area (Å²) in [5.41, 5.74) is 3.13. The van der Waals surface area contributed by atoms with Gasteiger partial charge in [-0.1, -0.05) is 37.3 Å². The molecular weight excluding hydrogens is 363 g/mol. The van der Waals surface area contributed by atoms with E-state index in [9.17, 15) is 9.18 Å². The highest BCUT2D eigenvalue weighted by molar-refractivity contribution is 5.86. The molecule has 4 rings (SSSR count). The molecule has 0 saturated carbocycles. The van der Waals surface area contributed by atoms with Crippen molar-refractivity contribution in [2.75, 3.05) is 13.1 Å². The lowest BCUT2D eigenvalue weighted by molar-refractivity contribution is -0.132. The van der Waals surface area contributed by atoms with Gasteiger partial charge in [0.1, 0.15) is 5.82 Å². The number of hydrogen-bond acceptors (Lipinski definition) is 1. The second-order valence-electron chi connectivity index (χ2n) is 8.26. The molecule has 0 N–H and O–H groups in total. The number of hydrogen-bond donors (Lipinski definition) is 0. The maximum absolute atomic E-state index is 14.1. The van der Waals surface area contributed by atoms with Crippen molar-refractivity contribution < 1.29 is 9.18 Å². The molecule has 1 aliphatic heterocycles. The number of piperidine rings is 1. The number of carbonyl (C=O) groups excluding carboxylic acids is 1. The Morgan fingerprint density at radius 2 is 1.90 bits per heavy atom. The van der Waals surface area contributed by atoms with Crippen LogP contribution in [0.4, 0.5) is 4.39 Å². The van der Waals surface area contributed by atoms with E-state index in [1.54, 1.807) is 12.1 Å². The molecule has 0 spiro atoms. The van der Waals surface area contributed by atoms with Crippen molar-refractivity contribution in [3.63, 3.8) is 0 Å². The van der Waals surface area contributed by atoms with Gasteiger partial charge < -0.3 is 9.47 Å². The second-order valence-corrected chi connectivity index (χ2v) is 8.26. The van der Waals surface area contributed by atoms with Crippen LogP contribution in [-0.2, 0) is 11.3 Å². The molecule has 1 aromatic heterocycles. The van der Waals surface area contributed by atoms with E-state index in [1.807, 2.05) is 23.1 Å². The van der Waals surface area contributed by atoms with E-state index in [4.69, 9.17) is 0 Å². The molecule has 0 aliphatic carbocycles. The van der Waals surface area contributed by atoms with Crippen LogP contribution in [0, 0.1) is 11.7 Å². The van der Waals surface area contributed by atoms with Crippen LogP contribution in [0.3, 0.4) is 0 Å². The molecule has 1 saturated heterocycles. The van der Waals surface area contributed by atoms with Crippen LogP contribution >= 0.6 is 0 Å². The number of aryl methyl sites for hydroxylation is 1. The smallest absolute Gasteiger partial charge is 0.223 e. The van der Waals surface area contributed by atoms with Crippen LogP contribution in [0.5, 0.6) is 0 Å². The van der Waals surface area contributed by atoms with E-state index in [1.165, 1.54) is 6.07 Å². The highest BCUT2D eigenvalue weighted by Crippen LogP contribution is 2.36. The summed E-state index contributed by atoms with van der Waals surface area (Å²) >= 11 is 0. The summed E-state index contributed by atoms with van der Waals surface area (Å²) in [6.45, 7) is 6.87. The standard InChI is InChI=1S/C25H29FN2O/c1-3-27-17-23(21-9-4-5-10-24(21)27)22(19-7-6-8-20(26)15-19)16-25(29)28-13-11-18(2)12-14-28/h4-10,15,17-18,22H,3,11-14,16H2,1-2H3/t22-/m1/s1. The number of fused-ring (bicyclic) bond motifs is 1. The second kappa shape index (κ2) is 8.40. The van der Waals surface area contributed by atoms with Crippen molar-refractivity contribution in [3.05, 3.63) is 71.7 Å². The maximum Gasteiger partial charge on any atom is 0.223 e. The third-order valence-corrected chi connectivity index (χ3v) is 6.30. The van der Waals surface area contributed by atoms with Crippen LogP contribution in [-0.4, -0.2) is 28.5 Å². The highest BCUT2D eigenvalue weighted by atomic mass is 19.1. The quantitative estimate of drug-likeness (QED) is 0.556. The molecule has 152 valence electrons. The van der Waals surface area contributed by atoms with Crippen LogP contribution in [0.25, 0.3) is 10.9 Å². The summed E-state index contributed by atoms with van der Waals surface area (Å²) in [5, 5.41) is 1.14. The zero-order chi connectivity index (χ0) is 20.4. The lowest BCUT2D eigenvalue weighted by atomic mass is 9.87. The molecule has 3 aromatic rings. The summed E-state index contributed by atoms with van der Waals surface area (Å²) in [6, 6.07) is 15.0. The molecule has 2 heterocycles. The summed E-state index contributed by atoms with van der Waals surface area (Å²) in [6.07, 6.45) is 4.64. The van der Waals surface area contributed by atoms with E-state index in [-0.39, 0.29) is 17.6 Å². The summed E-state index contributed by atoms with van der Waals surface area (Å²) < 4.78 is 16.3. The van der Waals surface area contributed by atoms with Crippen LogP contribution in [0.15, 0.2) is 54.7 Å². The van der Waals surface area contributed by atoms with Gasteiger partial charge in [0.2, 0.25) is 5.91 Å². The van der Waals surface area contributed by atoms with Gasteiger partial charge in [-0.15, -0.1) is 0 Å². The Balaban J connectivity index is 1.73. The molecule has 1 amide bonds. The fourth-order valence-corrected chi connectivity index (χ4v) is 4.51. The average Bonchev–Trinajstić information content (AvgIpc) is 3.11. The molecule has 29 heavy (non-hydrogen) atoms. The first kappa shape index (κ1) is 19.7. The largest absolute Gasteiger partial charge is 0.347 e. The number of aromatic nitrogens is 1. The zero-order valence-electron chi connectivity index (χ0n) is 17.3. The van der Waals surface area contributed by atoms with Gasteiger partial charge in [0.15, 0.2) is 0 Å². The summed E-state index contributed by atoms with van der Waals surface area (Å²) in [7, 11) is 0. The van der Waals surface area contributed by atoms with Gasteiger partial charge in [-0.05, 0) is 55.0 Å². The minimum atomic E-state index is -0.258. The number of nitrogens with zero attached hydrogens (tertiary/aromatic N) is 2. The third-order valence-electron chi connectivity index (χ3n) is 6.30. The van der Waals surface area contributed by atoms with Crippen molar-refractivity contribution in [2.45, 2.75) is 45.6 Å². The first-order valence-corrected chi connectivity index (χ1v) is 10.7. The van der Waals surface area contributed by atoms with E-state index in [2.05, 4.69) is 36.7 Å². The first-order valence-electron chi connectivity index (χ1n) is 10.7. The number of carbonyl (C=O) groups is 1. The van der Waals surface area contributed by atoms with Crippen molar-refractivity contribution in [1.29, 1.82) is 0 Å². The predicted molar refractivity (Wildman–Crippen MR) is 115 cm³/mol. The minimum absolute atomic E-state index is 0.157. The fraction of sp³-hybridized carbons (Fsp3) is 0.400. The molecule has 1 aliphatic rings. The Bertz CT molecular complexity index is 1000. The lowest BCUT2D eigenvalue weighted by Gasteiger charge is -2.31. The van der Waals surface area contributed by atoms with E-state index in [0.717, 1.165) is 54.5 Å². The number of rotatable bonds is 5. The Labute approximate surface area is 172 Å².